The smallest absolute Gasteiger partial charge is 0.0906 e. The molecule has 0 saturated heterocycles. The normalized spacial score (nSPS) is 11.2. The molecule has 0 bridgehead atoms. The topological polar surface area (TPSA) is 25.2 Å². The number of aromatic nitrogens is 1. The number of nitrogens with zero attached hydrogens (tertiary/aromatic N) is 2. The summed E-state index contributed by atoms with van der Waals surface area (Å²) in [6.07, 6.45) is 3.56. The Morgan fingerprint density at radius 2 is 1.88 bits per heavy atom. The fourth-order valence-electron chi connectivity index (χ4n) is 1.57. The second kappa shape index (κ2) is 5.75. The molecule has 0 spiro atoms. The van der Waals surface area contributed by atoms with Gasteiger partial charge in [-0.2, -0.15) is 0 Å². The van der Waals surface area contributed by atoms with E-state index < -0.39 is 0 Å². The van der Waals surface area contributed by atoms with Crippen molar-refractivity contribution in [2.75, 3.05) is 6.54 Å². The third-order valence-corrected chi connectivity index (χ3v) is 2.33. The van der Waals surface area contributed by atoms with Crippen molar-refractivity contribution in [3.8, 4) is 0 Å². The summed E-state index contributed by atoms with van der Waals surface area (Å²) in [4.78, 5) is 8.86. The summed E-state index contributed by atoms with van der Waals surface area (Å²) >= 11 is 0. The maximum absolute atomic E-state index is 4.52. The average molecular weight is 222 g/mol. The molecule has 0 atom stereocenters. The number of pyridine rings is 1. The summed E-state index contributed by atoms with van der Waals surface area (Å²) < 4.78 is 0. The van der Waals surface area contributed by atoms with E-state index >= 15 is 0 Å². The highest BCUT2D eigenvalue weighted by Gasteiger charge is 2.06. The molecule has 2 nitrogen and oxygen atoms in total. The Kier molecular flexibility index (Phi) is 3.81. The van der Waals surface area contributed by atoms with Gasteiger partial charge in [0, 0.05) is 11.8 Å². The van der Waals surface area contributed by atoms with Crippen molar-refractivity contribution in [2.45, 2.75) is 0 Å². The van der Waals surface area contributed by atoms with Crippen LogP contribution in [0.25, 0.3) is 0 Å². The number of benzene rings is 1. The van der Waals surface area contributed by atoms with Crippen LogP contribution in [0, 0.1) is 0 Å². The van der Waals surface area contributed by atoms with Gasteiger partial charge in [0.2, 0.25) is 0 Å². The van der Waals surface area contributed by atoms with Crippen LogP contribution in [0.3, 0.4) is 0 Å². The van der Waals surface area contributed by atoms with E-state index in [4.69, 9.17) is 0 Å². The van der Waals surface area contributed by atoms with E-state index in [1.165, 1.54) is 0 Å². The highest BCUT2D eigenvalue weighted by atomic mass is 14.8. The van der Waals surface area contributed by atoms with Gasteiger partial charge in [-0.3, -0.25) is 9.98 Å². The summed E-state index contributed by atoms with van der Waals surface area (Å²) in [6, 6.07) is 15.9. The number of aliphatic imine (C=N–C) groups is 1. The van der Waals surface area contributed by atoms with Crippen LogP contribution in [0.1, 0.15) is 11.3 Å². The Balaban J connectivity index is 2.43. The summed E-state index contributed by atoms with van der Waals surface area (Å²) in [5.74, 6) is 0. The van der Waals surface area contributed by atoms with Crippen LogP contribution in [0.15, 0.2) is 72.4 Å². The lowest BCUT2D eigenvalue weighted by molar-refractivity contribution is 1.21. The first-order valence-corrected chi connectivity index (χ1v) is 5.54. The van der Waals surface area contributed by atoms with Gasteiger partial charge >= 0.3 is 0 Å². The monoisotopic (exact) mass is 222 g/mol. The zero-order valence-electron chi connectivity index (χ0n) is 9.58. The minimum absolute atomic E-state index is 0.598. The first-order valence-electron chi connectivity index (χ1n) is 5.54. The molecule has 1 aromatic carbocycles. The van der Waals surface area contributed by atoms with Crippen LogP contribution in [-0.4, -0.2) is 17.2 Å². The molecule has 0 fully saturated rings. The minimum Gasteiger partial charge on any atom is -0.278 e. The maximum atomic E-state index is 4.52. The third-order valence-electron chi connectivity index (χ3n) is 2.33. The molecule has 2 heteroatoms. The Labute approximate surface area is 101 Å². The van der Waals surface area contributed by atoms with E-state index in [1.807, 2.05) is 48.5 Å². The Bertz CT molecular complexity index is 459. The van der Waals surface area contributed by atoms with Crippen molar-refractivity contribution in [3.63, 3.8) is 0 Å². The Morgan fingerprint density at radius 1 is 1.12 bits per heavy atom. The molecule has 0 aliphatic rings. The summed E-state index contributed by atoms with van der Waals surface area (Å²) in [6.45, 7) is 4.29. The van der Waals surface area contributed by atoms with E-state index in [0.29, 0.717) is 6.54 Å². The van der Waals surface area contributed by atoms with Gasteiger partial charge < -0.3 is 0 Å². The molecule has 1 aromatic heterocycles. The highest BCUT2D eigenvalue weighted by Crippen LogP contribution is 2.08. The molecule has 0 unspecified atom stereocenters. The van der Waals surface area contributed by atoms with Crippen LogP contribution in [-0.2, 0) is 0 Å². The molecule has 0 aliphatic heterocycles. The van der Waals surface area contributed by atoms with E-state index in [0.717, 1.165) is 17.0 Å². The van der Waals surface area contributed by atoms with Crippen molar-refractivity contribution in [1.29, 1.82) is 0 Å². The van der Waals surface area contributed by atoms with Gasteiger partial charge in [0.15, 0.2) is 0 Å². The highest BCUT2D eigenvalue weighted by molar-refractivity contribution is 6.11. The molecule has 84 valence electrons. The van der Waals surface area contributed by atoms with E-state index in [1.54, 1.807) is 12.3 Å². The van der Waals surface area contributed by atoms with Gasteiger partial charge in [0.1, 0.15) is 0 Å². The first-order chi connectivity index (χ1) is 8.42. The largest absolute Gasteiger partial charge is 0.278 e. The summed E-state index contributed by atoms with van der Waals surface area (Å²) in [5, 5.41) is 0. The zero-order chi connectivity index (χ0) is 11.9. The van der Waals surface area contributed by atoms with Crippen LogP contribution in [0.5, 0.6) is 0 Å². The van der Waals surface area contributed by atoms with Gasteiger partial charge in [0.25, 0.3) is 0 Å². The molecule has 2 aromatic rings. The standard InChI is InChI=1S/C15H14N2/c1-2-11-17-15(13-8-4-3-5-9-13)14-10-6-7-12-16-14/h2-10,12H,1,11H2. The van der Waals surface area contributed by atoms with Gasteiger partial charge in [0.05, 0.1) is 18.0 Å². The average Bonchev–Trinajstić information content (AvgIpc) is 2.42. The SMILES string of the molecule is C=CCN=C(c1ccccc1)c1ccccn1. The summed E-state index contributed by atoms with van der Waals surface area (Å²) in [5.41, 5.74) is 2.87. The molecule has 0 saturated carbocycles. The minimum atomic E-state index is 0.598. The Morgan fingerprint density at radius 3 is 2.53 bits per heavy atom. The van der Waals surface area contributed by atoms with Gasteiger partial charge in [-0.05, 0) is 12.1 Å². The van der Waals surface area contributed by atoms with Crippen LogP contribution < -0.4 is 0 Å². The summed E-state index contributed by atoms with van der Waals surface area (Å²) in [7, 11) is 0. The molecule has 0 amide bonds. The third kappa shape index (κ3) is 2.88. The Hall–Kier alpha value is -2.22. The van der Waals surface area contributed by atoms with Crippen molar-refractivity contribution >= 4 is 5.71 Å². The van der Waals surface area contributed by atoms with Crippen LogP contribution >= 0.6 is 0 Å². The van der Waals surface area contributed by atoms with E-state index in [9.17, 15) is 0 Å². The van der Waals surface area contributed by atoms with Crippen LogP contribution in [0.2, 0.25) is 0 Å². The zero-order valence-corrected chi connectivity index (χ0v) is 9.58. The quantitative estimate of drug-likeness (QED) is 0.576. The predicted octanol–water partition coefficient (Wildman–Crippen LogP) is 3.11. The molecule has 1 heterocycles. The maximum Gasteiger partial charge on any atom is 0.0906 e. The van der Waals surface area contributed by atoms with E-state index in [2.05, 4.69) is 16.6 Å². The molecule has 2 rings (SSSR count). The van der Waals surface area contributed by atoms with Crippen molar-refractivity contribution in [3.05, 3.63) is 78.6 Å². The van der Waals surface area contributed by atoms with Gasteiger partial charge in [-0.1, -0.05) is 42.5 Å². The van der Waals surface area contributed by atoms with Crippen molar-refractivity contribution in [1.82, 2.24) is 4.98 Å². The predicted molar refractivity (Wildman–Crippen MR) is 71.4 cm³/mol. The second-order valence-electron chi connectivity index (χ2n) is 3.56. The lowest BCUT2D eigenvalue weighted by atomic mass is 10.1. The lowest BCUT2D eigenvalue weighted by Crippen LogP contribution is -2.06. The second-order valence-corrected chi connectivity index (χ2v) is 3.56. The van der Waals surface area contributed by atoms with Crippen LogP contribution in [0.4, 0.5) is 0 Å². The van der Waals surface area contributed by atoms with Gasteiger partial charge in [-0.15, -0.1) is 6.58 Å². The van der Waals surface area contributed by atoms with Crippen molar-refractivity contribution in [2.24, 2.45) is 4.99 Å². The number of rotatable bonds is 4. The molecule has 0 N–H and O–H groups in total. The number of hydrogen-bond acceptors (Lipinski definition) is 2. The van der Waals surface area contributed by atoms with Crippen molar-refractivity contribution < 1.29 is 0 Å². The lowest BCUT2D eigenvalue weighted by Gasteiger charge is -2.05. The molecular formula is C15H14N2. The number of hydrogen-bond donors (Lipinski definition) is 0. The molecular weight excluding hydrogens is 208 g/mol. The van der Waals surface area contributed by atoms with Gasteiger partial charge in [-0.25, -0.2) is 0 Å². The fraction of sp³-hybridized carbons (Fsp3) is 0.0667. The fourth-order valence-corrected chi connectivity index (χ4v) is 1.57. The molecule has 0 radical (unpaired) electrons. The molecule has 0 aliphatic carbocycles. The molecule has 17 heavy (non-hydrogen) atoms. The van der Waals surface area contributed by atoms with E-state index in [-0.39, 0.29) is 0 Å². The first kappa shape index (κ1) is 11.3.